The van der Waals surface area contributed by atoms with Gasteiger partial charge in [-0.2, -0.15) is 0 Å². The van der Waals surface area contributed by atoms with Gasteiger partial charge in [-0.3, -0.25) is 9.69 Å². The molecule has 0 radical (unpaired) electrons. The van der Waals surface area contributed by atoms with Gasteiger partial charge in [0.05, 0.1) is 18.8 Å². The van der Waals surface area contributed by atoms with Gasteiger partial charge < -0.3 is 16.2 Å². The Labute approximate surface area is 124 Å². The van der Waals surface area contributed by atoms with Crippen LogP contribution in [0.2, 0.25) is 0 Å². The molecule has 0 unspecified atom stereocenters. The summed E-state index contributed by atoms with van der Waals surface area (Å²) in [6.45, 7) is 4.65. The van der Waals surface area contributed by atoms with Crippen molar-refractivity contribution in [2.75, 3.05) is 25.0 Å². The maximum absolute atomic E-state index is 12.1. The number of carbonyl (C=O) groups is 1. The number of aliphatic hydroxyl groups excluding tert-OH is 1. The fourth-order valence-electron chi connectivity index (χ4n) is 1.83. The van der Waals surface area contributed by atoms with Gasteiger partial charge in [-0.25, -0.2) is 0 Å². The van der Waals surface area contributed by atoms with Crippen molar-refractivity contribution in [2.45, 2.75) is 19.9 Å². The second kappa shape index (κ2) is 7.94. The zero-order valence-corrected chi connectivity index (χ0v) is 12.6. The molecule has 0 saturated heterocycles. The van der Waals surface area contributed by atoms with Gasteiger partial charge in [-0.05, 0) is 26.0 Å². The predicted molar refractivity (Wildman–Crippen MR) is 84.8 cm³/mol. The number of para-hydroxylation sites is 1. The summed E-state index contributed by atoms with van der Waals surface area (Å²) >= 11 is 4.96. The Balaban J connectivity index is 2.73. The molecule has 20 heavy (non-hydrogen) atoms. The first-order valence-electron chi connectivity index (χ1n) is 6.49. The zero-order valence-electron chi connectivity index (χ0n) is 11.8. The molecule has 0 fully saturated rings. The lowest BCUT2D eigenvalue weighted by Gasteiger charge is -2.24. The lowest BCUT2D eigenvalue weighted by atomic mass is 10.1. The van der Waals surface area contributed by atoms with Crippen LogP contribution in [-0.4, -0.2) is 46.6 Å². The van der Waals surface area contributed by atoms with Gasteiger partial charge in [-0.1, -0.05) is 24.4 Å². The molecule has 1 aromatic rings. The molecule has 0 aliphatic heterocycles. The van der Waals surface area contributed by atoms with Crippen LogP contribution in [0.25, 0.3) is 0 Å². The van der Waals surface area contributed by atoms with Crippen molar-refractivity contribution in [3.63, 3.8) is 0 Å². The second-order valence-corrected chi connectivity index (χ2v) is 5.19. The van der Waals surface area contributed by atoms with Crippen molar-refractivity contribution in [2.24, 2.45) is 5.73 Å². The molecule has 110 valence electrons. The summed E-state index contributed by atoms with van der Waals surface area (Å²) in [5.41, 5.74) is 6.88. The number of nitrogens with one attached hydrogen (secondary N) is 1. The lowest BCUT2D eigenvalue weighted by Crippen LogP contribution is -2.39. The molecule has 0 spiro atoms. The quantitative estimate of drug-likeness (QED) is 0.653. The number of thiocarbonyl (C=S) groups is 1. The number of aliphatic hydroxyl groups is 1. The molecule has 1 rings (SSSR count). The van der Waals surface area contributed by atoms with Crippen molar-refractivity contribution < 1.29 is 9.90 Å². The topological polar surface area (TPSA) is 78.6 Å². The van der Waals surface area contributed by atoms with E-state index in [1.807, 2.05) is 30.9 Å². The standard InChI is InChI=1S/C14H21N3O2S/c1-10(2)17(7-8-18)9-13(19)16-12-6-4-3-5-11(12)14(15)20/h3-6,10,18H,7-9H2,1-2H3,(H2,15,20)(H,16,19). The molecule has 4 N–H and O–H groups in total. The summed E-state index contributed by atoms with van der Waals surface area (Å²) in [6, 6.07) is 7.34. The summed E-state index contributed by atoms with van der Waals surface area (Å²) in [5, 5.41) is 11.8. The highest BCUT2D eigenvalue weighted by molar-refractivity contribution is 7.80. The van der Waals surface area contributed by atoms with Gasteiger partial charge in [-0.15, -0.1) is 0 Å². The van der Waals surface area contributed by atoms with E-state index in [1.54, 1.807) is 12.1 Å². The van der Waals surface area contributed by atoms with E-state index in [0.717, 1.165) is 0 Å². The number of anilines is 1. The highest BCUT2D eigenvalue weighted by atomic mass is 32.1. The predicted octanol–water partition coefficient (Wildman–Crippen LogP) is 0.962. The van der Waals surface area contributed by atoms with Gasteiger partial charge in [0.15, 0.2) is 0 Å². The van der Waals surface area contributed by atoms with Gasteiger partial charge in [0, 0.05) is 18.2 Å². The Morgan fingerprint density at radius 1 is 1.45 bits per heavy atom. The smallest absolute Gasteiger partial charge is 0.238 e. The molecule has 0 atom stereocenters. The van der Waals surface area contributed by atoms with E-state index in [4.69, 9.17) is 23.1 Å². The summed E-state index contributed by atoms with van der Waals surface area (Å²) in [4.78, 5) is 14.2. The molecule has 0 heterocycles. The molecule has 0 aliphatic carbocycles. The Hall–Kier alpha value is -1.50. The number of hydrogen-bond donors (Lipinski definition) is 3. The fraction of sp³-hybridized carbons (Fsp3) is 0.429. The Morgan fingerprint density at radius 2 is 2.10 bits per heavy atom. The first-order chi connectivity index (χ1) is 9.45. The van der Waals surface area contributed by atoms with Crippen LogP contribution in [0, 0.1) is 0 Å². The van der Waals surface area contributed by atoms with Crippen molar-refractivity contribution in [3.8, 4) is 0 Å². The van der Waals surface area contributed by atoms with Crippen LogP contribution >= 0.6 is 12.2 Å². The third kappa shape index (κ3) is 4.88. The minimum Gasteiger partial charge on any atom is -0.395 e. The van der Waals surface area contributed by atoms with E-state index >= 15 is 0 Å². The maximum Gasteiger partial charge on any atom is 0.238 e. The third-order valence-electron chi connectivity index (χ3n) is 2.93. The monoisotopic (exact) mass is 295 g/mol. The highest BCUT2D eigenvalue weighted by Crippen LogP contribution is 2.14. The van der Waals surface area contributed by atoms with Crippen LogP contribution in [0.5, 0.6) is 0 Å². The fourth-order valence-corrected chi connectivity index (χ4v) is 2.01. The number of amides is 1. The molecule has 0 aromatic heterocycles. The Bertz CT molecular complexity index is 477. The Morgan fingerprint density at radius 3 is 2.65 bits per heavy atom. The molecule has 1 amide bonds. The first kappa shape index (κ1) is 16.6. The van der Waals surface area contributed by atoms with E-state index in [-0.39, 0.29) is 30.1 Å². The van der Waals surface area contributed by atoms with Crippen LogP contribution in [0.3, 0.4) is 0 Å². The van der Waals surface area contributed by atoms with Crippen molar-refractivity contribution in [1.29, 1.82) is 0 Å². The average Bonchev–Trinajstić information content (AvgIpc) is 2.38. The molecule has 1 aromatic carbocycles. The number of nitrogens with two attached hydrogens (primary N) is 1. The molecule has 5 nitrogen and oxygen atoms in total. The van der Waals surface area contributed by atoms with Crippen LogP contribution in [0.15, 0.2) is 24.3 Å². The van der Waals surface area contributed by atoms with E-state index < -0.39 is 0 Å². The van der Waals surface area contributed by atoms with E-state index in [9.17, 15) is 4.79 Å². The molecule has 0 bridgehead atoms. The van der Waals surface area contributed by atoms with E-state index in [0.29, 0.717) is 17.8 Å². The first-order valence-corrected chi connectivity index (χ1v) is 6.90. The summed E-state index contributed by atoms with van der Waals surface area (Å²) in [5.74, 6) is -0.157. The van der Waals surface area contributed by atoms with Crippen molar-refractivity contribution in [3.05, 3.63) is 29.8 Å². The summed E-state index contributed by atoms with van der Waals surface area (Å²) < 4.78 is 0. The molecule has 6 heteroatoms. The van der Waals surface area contributed by atoms with Crippen LogP contribution < -0.4 is 11.1 Å². The number of carbonyl (C=O) groups excluding carboxylic acids is 1. The summed E-state index contributed by atoms with van der Waals surface area (Å²) in [7, 11) is 0. The minimum atomic E-state index is -0.157. The van der Waals surface area contributed by atoms with Gasteiger partial charge in [0.1, 0.15) is 4.99 Å². The third-order valence-corrected chi connectivity index (χ3v) is 3.15. The van der Waals surface area contributed by atoms with Gasteiger partial charge >= 0.3 is 0 Å². The average molecular weight is 295 g/mol. The number of nitrogens with zero attached hydrogens (tertiary/aromatic N) is 1. The zero-order chi connectivity index (χ0) is 15.1. The Kier molecular flexibility index (Phi) is 6.57. The van der Waals surface area contributed by atoms with Gasteiger partial charge in [0.2, 0.25) is 5.91 Å². The molecular formula is C14H21N3O2S. The van der Waals surface area contributed by atoms with Crippen LogP contribution in [-0.2, 0) is 4.79 Å². The second-order valence-electron chi connectivity index (χ2n) is 4.75. The maximum atomic E-state index is 12.1. The number of benzene rings is 1. The molecule has 0 aliphatic rings. The van der Waals surface area contributed by atoms with Crippen molar-refractivity contribution >= 4 is 28.8 Å². The van der Waals surface area contributed by atoms with Gasteiger partial charge in [0.25, 0.3) is 0 Å². The van der Waals surface area contributed by atoms with E-state index in [2.05, 4.69) is 5.32 Å². The molecular weight excluding hydrogens is 274 g/mol. The molecule has 0 saturated carbocycles. The number of rotatable bonds is 7. The largest absolute Gasteiger partial charge is 0.395 e. The normalized spacial score (nSPS) is 10.8. The van der Waals surface area contributed by atoms with Crippen LogP contribution in [0.1, 0.15) is 19.4 Å². The summed E-state index contributed by atoms with van der Waals surface area (Å²) in [6.07, 6.45) is 0. The number of hydrogen-bond acceptors (Lipinski definition) is 4. The van der Waals surface area contributed by atoms with Crippen molar-refractivity contribution in [1.82, 2.24) is 4.90 Å². The lowest BCUT2D eigenvalue weighted by molar-refractivity contribution is -0.117. The highest BCUT2D eigenvalue weighted by Gasteiger charge is 2.14. The van der Waals surface area contributed by atoms with E-state index in [1.165, 1.54) is 0 Å². The van der Waals surface area contributed by atoms with Crippen LogP contribution in [0.4, 0.5) is 5.69 Å². The SMILES string of the molecule is CC(C)N(CCO)CC(=O)Nc1ccccc1C(N)=S. The minimum absolute atomic E-state index is 0.0228.